The first-order valence-electron chi connectivity index (χ1n) is 13.6. The molecule has 3 N–H and O–H groups in total. The molecule has 1 amide bonds. The van der Waals surface area contributed by atoms with Crippen LogP contribution < -0.4 is 10.0 Å². The summed E-state index contributed by atoms with van der Waals surface area (Å²) in [5.41, 5.74) is 2.94. The Morgan fingerprint density at radius 1 is 1.15 bits per heavy atom. The van der Waals surface area contributed by atoms with Crippen LogP contribution in [0.15, 0.2) is 34.7 Å². The van der Waals surface area contributed by atoms with E-state index in [1.165, 1.54) is 0 Å². The monoisotopic (exact) mass is 553 g/mol. The number of benzene rings is 1. The SMILES string of the molecule is CNC(=O)c1c(-c2ccc(C)cc2)oc2nc(CS(=O)(=O)NCCCC3(C(=O)O)CCCC3)c(C3CC3)cc12. The van der Waals surface area contributed by atoms with Gasteiger partial charge in [0.15, 0.2) is 0 Å². The number of carboxylic acid groups (broad SMARTS) is 1. The van der Waals surface area contributed by atoms with Crippen molar-refractivity contribution < 1.29 is 27.5 Å². The van der Waals surface area contributed by atoms with Gasteiger partial charge in [-0.15, -0.1) is 0 Å². The normalized spacial score (nSPS) is 17.0. The lowest BCUT2D eigenvalue weighted by atomic mass is 9.82. The average Bonchev–Trinajstić information content (AvgIpc) is 3.51. The number of carbonyl (C=O) groups excluding carboxylic acids is 1. The summed E-state index contributed by atoms with van der Waals surface area (Å²) in [6.45, 7) is 2.16. The molecule has 0 spiro atoms. The Hall–Kier alpha value is -3.24. The molecular formula is C29H35N3O6S. The molecule has 0 radical (unpaired) electrons. The third-order valence-corrected chi connectivity index (χ3v) is 9.37. The topological polar surface area (TPSA) is 139 Å². The zero-order valence-electron chi connectivity index (χ0n) is 22.4. The number of rotatable bonds is 11. The van der Waals surface area contributed by atoms with Crippen LogP contribution in [0, 0.1) is 12.3 Å². The second-order valence-corrected chi connectivity index (χ2v) is 12.8. The first-order valence-corrected chi connectivity index (χ1v) is 15.2. The molecule has 2 aliphatic carbocycles. The quantitative estimate of drug-likeness (QED) is 0.288. The van der Waals surface area contributed by atoms with Gasteiger partial charge < -0.3 is 14.8 Å². The molecule has 10 heteroatoms. The fraction of sp³-hybridized carbons (Fsp3) is 0.483. The number of pyridine rings is 1. The Kier molecular flexibility index (Phi) is 7.52. The van der Waals surface area contributed by atoms with Crippen LogP contribution in [0.1, 0.15) is 84.5 Å². The number of sulfonamides is 1. The van der Waals surface area contributed by atoms with E-state index in [1.54, 1.807) is 7.05 Å². The lowest BCUT2D eigenvalue weighted by molar-refractivity contribution is -0.149. The van der Waals surface area contributed by atoms with Gasteiger partial charge in [-0.25, -0.2) is 18.1 Å². The lowest BCUT2D eigenvalue weighted by Gasteiger charge is -2.23. The highest BCUT2D eigenvalue weighted by Crippen LogP contribution is 2.44. The Morgan fingerprint density at radius 3 is 2.46 bits per heavy atom. The summed E-state index contributed by atoms with van der Waals surface area (Å²) in [4.78, 5) is 29.4. The summed E-state index contributed by atoms with van der Waals surface area (Å²) in [5, 5.41) is 12.9. The van der Waals surface area contributed by atoms with Gasteiger partial charge in [-0.2, -0.15) is 0 Å². The summed E-state index contributed by atoms with van der Waals surface area (Å²) in [5.74, 6) is -0.796. The van der Waals surface area contributed by atoms with Gasteiger partial charge in [0, 0.05) is 19.2 Å². The van der Waals surface area contributed by atoms with Gasteiger partial charge in [-0.3, -0.25) is 9.59 Å². The number of nitrogens with zero attached hydrogens (tertiary/aromatic N) is 1. The number of carboxylic acids is 1. The molecule has 2 saturated carbocycles. The minimum atomic E-state index is -3.73. The van der Waals surface area contributed by atoms with Gasteiger partial charge in [0.25, 0.3) is 5.91 Å². The molecule has 9 nitrogen and oxygen atoms in total. The van der Waals surface area contributed by atoms with E-state index in [1.807, 2.05) is 37.3 Å². The highest BCUT2D eigenvalue weighted by atomic mass is 32.2. The van der Waals surface area contributed by atoms with Gasteiger partial charge in [0.2, 0.25) is 15.7 Å². The smallest absolute Gasteiger partial charge is 0.309 e. The summed E-state index contributed by atoms with van der Waals surface area (Å²) >= 11 is 0. The molecule has 3 aromatic rings. The summed E-state index contributed by atoms with van der Waals surface area (Å²) in [6.07, 6.45) is 5.88. The number of aromatic nitrogens is 1. The van der Waals surface area contributed by atoms with E-state index in [9.17, 15) is 23.1 Å². The molecule has 39 heavy (non-hydrogen) atoms. The van der Waals surface area contributed by atoms with E-state index in [0.717, 1.165) is 42.4 Å². The fourth-order valence-corrected chi connectivity index (χ4v) is 6.85. The zero-order chi connectivity index (χ0) is 27.8. The Morgan fingerprint density at radius 2 is 1.85 bits per heavy atom. The molecule has 0 bridgehead atoms. The first-order chi connectivity index (χ1) is 18.6. The Bertz CT molecular complexity index is 1500. The van der Waals surface area contributed by atoms with Gasteiger partial charge in [-0.05, 0) is 63.0 Å². The first kappa shape index (κ1) is 27.3. The second-order valence-electron chi connectivity index (χ2n) is 11.0. The Labute approximate surface area is 228 Å². The molecule has 0 unspecified atom stereocenters. The molecule has 5 rings (SSSR count). The molecule has 2 heterocycles. The van der Waals surface area contributed by atoms with Crippen molar-refractivity contribution in [1.82, 2.24) is 15.0 Å². The van der Waals surface area contributed by atoms with Gasteiger partial charge >= 0.3 is 5.97 Å². The van der Waals surface area contributed by atoms with Crippen molar-refractivity contribution in [3.63, 3.8) is 0 Å². The maximum absolute atomic E-state index is 13.1. The molecule has 208 valence electrons. The van der Waals surface area contributed by atoms with Crippen molar-refractivity contribution >= 4 is 33.0 Å². The number of carbonyl (C=O) groups is 2. The molecule has 2 fully saturated rings. The molecule has 2 aliphatic rings. The second kappa shape index (κ2) is 10.7. The van der Waals surface area contributed by atoms with Crippen molar-refractivity contribution in [3.8, 4) is 11.3 Å². The van der Waals surface area contributed by atoms with Crippen LogP contribution in [0.4, 0.5) is 0 Å². The van der Waals surface area contributed by atoms with Crippen molar-refractivity contribution in [2.24, 2.45) is 5.41 Å². The molecule has 1 aromatic carbocycles. The molecule has 0 atom stereocenters. The summed E-state index contributed by atoms with van der Waals surface area (Å²) in [6, 6.07) is 9.52. The number of aryl methyl sites for hydroxylation is 1. The predicted octanol–water partition coefficient (Wildman–Crippen LogP) is 4.88. The van der Waals surface area contributed by atoms with Crippen LogP contribution in [-0.2, 0) is 20.6 Å². The molecule has 0 saturated heterocycles. The number of nitrogens with one attached hydrogen (secondary N) is 2. The summed E-state index contributed by atoms with van der Waals surface area (Å²) in [7, 11) is -2.17. The highest BCUT2D eigenvalue weighted by molar-refractivity contribution is 7.88. The van der Waals surface area contributed by atoms with Crippen LogP contribution in [0.25, 0.3) is 22.4 Å². The summed E-state index contributed by atoms with van der Waals surface area (Å²) < 4.78 is 34.9. The van der Waals surface area contributed by atoms with Crippen molar-refractivity contribution in [1.29, 1.82) is 0 Å². The number of hydrogen-bond donors (Lipinski definition) is 3. The van der Waals surface area contributed by atoms with Crippen molar-refractivity contribution in [3.05, 3.63) is 52.7 Å². The van der Waals surface area contributed by atoms with E-state index in [2.05, 4.69) is 15.0 Å². The van der Waals surface area contributed by atoms with E-state index in [4.69, 9.17) is 4.42 Å². The molecule has 2 aromatic heterocycles. The molecule has 0 aliphatic heterocycles. The van der Waals surface area contributed by atoms with E-state index in [0.29, 0.717) is 48.1 Å². The van der Waals surface area contributed by atoms with Crippen LogP contribution in [-0.4, -0.2) is 44.0 Å². The van der Waals surface area contributed by atoms with E-state index < -0.39 is 21.4 Å². The highest BCUT2D eigenvalue weighted by Gasteiger charge is 2.40. The third-order valence-electron chi connectivity index (χ3n) is 8.08. The van der Waals surface area contributed by atoms with Crippen LogP contribution in [0.2, 0.25) is 0 Å². The number of furan rings is 1. The van der Waals surface area contributed by atoms with Crippen LogP contribution in [0.5, 0.6) is 0 Å². The molecular weight excluding hydrogens is 518 g/mol. The predicted molar refractivity (Wildman–Crippen MR) is 148 cm³/mol. The third kappa shape index (κ3) is 5.72. The number of fused-ring (bicyclic) bond motifs is 1. The number of amides is 1. The van der Waals surface area contributed by atoms with Crippen molar-refractivity contribution in [2.75, 3.05) is 13.6 Å². The Balaban J connectivity index is 1.40. The zero-order valence-corrected chi connectivity index (χ0v) is 23.2. The largest absolute Gasteiger partial charge is 0.481 e. The minimum Gasteiger partial charge on any atom is -0.481 e. The fourth-order valence-electron chi connectivity index (χ4n) is 5.70. The maximum atomic E-state index is 13.1. The van der Waals surface area contributed by atoms with E-state index >= 15 is 0 Å². The van der Waals surface area contributed by atoms with Gasteiger partial charge in [-0.1, -0.05) is 42.7 Å². The number of aliphatic carboxylic acids is 1. The maximum Gasteiger partial charge on any atom is 0.309 e. The lowest BCUT2D eigenvalue weighted by Crippen LogP contribution is -2.31. The minimum absolute atomic E-state index is 0.178. The van der Waals surface area contributed by atoms with Gasteiger partial charge in [0.05, 0.1) is 22.1 Å². The van der Waals surface area contributed by atoms with Crippen molar-refractivity contribution in [2.45, 2.75) is 70.0 Å². The van der Waals surface area contributed by atoms with Crippen LogP contribution >= 0.6 is 0 Å². The van der Waals surface area contributed by atoms with Crippen LogP contribution in [0.3, 0.4) is 0 Å². The van der Waals surface area contributed by atoms with Gasteiger partial charge in [0.1, 0.15) is 11.5 Å². The average molecular weight is 554 g/mol. The van der Waals surface area contributed by atoms with E-state index in [-0.39, 0.29) is 29.8 Å². The number of hydrogen-bond acceptors (Lipinski definition) is 6. The standard InChI is InChI=1S/C29H35N3O6S/c1-18-6-8-20(9-7-18)25-24(26(33)30-2)22-16-21(19-10-11-19)23(32-27(22)38-25)17-39(36,37)31-15-5-14-29(28(34)35)12-3-4-13-29/h6-9,16,19,31H,3-5,10-15,17H2,1-2H3,(H,30,33)(H,34,35).